The summed E-state index contributed by atoms with van der Waals surface area (Å²) in [6, 6.07) is 11.5. The molecule has 9 nitrogen and oxygen atoms in total. The number of para-hydroxylation sites is 1. The molecule has 0 aliphatic rings. The normalized spacial score (nSPS) is 12.4. The van der Waals surface area contributed by atoms with Crippen molar-refractivity contribution in [3.8, 4) is 11.8 Å². The molecule has 1 atom stereocenters. The first-order valence-electron chi connectivity index (χ1n) is 9.28. The Morgan fingerprint density at radius 2 is 1.91 bits per heavy atom. The minimum Gasteiger partial charge on any atom is -0.382 e. The molecule has 0 aliphatic heterocycles. The van der Waals surface area contributed by atoms with Crippen molar-refractivity contribution in [1.82, 2.24) is 23.9 Å². The van der Waals surface area contributed by atoms with Crippen molar-refractivity contribution in [1.29, 1.82) is 5.26 Å². The minimum atomic E-state index is -4.63. The average molecular weight is 440 g/mol. The Labute approximate surface area is 178 Å². The maximum atomic E-state index is 13.6. The molecular formula is C20H15F3N8O. The van der Waals surface area contributed by atoms with E-state index in [0.29, 0.717) is 5.69 Å². The van der Waals surface area contributed by atoms with Crippen LogP contribution >= 0.6 is 0 Å². The quantitative estimate of drug-likeness (QED) is 0.489. The first-order valence-corrected chi connectivity index (χ1v) is 9.28. The van der Waals surface area contributed by atoms with E-state index in [1.165, 1.54) is 16.7 Å². The highest BCUT2D eigenvalue weighted by atomic mass is 19.4. The predicted molar refractivity (Wildman–Crippen MR) is 109 cm³/mol. The summed E-state index contributed by atoms with van der Waals surface area (Å²) < 4.78 is 43.0. The first kappa shape index (κ1) is 20.9. The van der Waals surface area contributed by atoms with Crippen LogP contribution in [0.2, 0.25) is 0 Å². The Morgan fingerprint density at radius 1 is 1.16 bits per heavy atom. The fraction of sp³-hybridized carbons (Fsp3) is 0.150. The van der Waals surface area contributed by atoms with Gasteiger partial charge in [0, 0.05) is 6.20 Å². The second-order valence-corrected chi connectivity index (χ2v) is 6.77. The molecule has 0 amide bonds. The number of hydrogen-bond donors (Lipinski definition) is 2. The molecule has 4 aromatic rings. The van der Waals surface area contributed by atoms with E-state index in [9.17, 15) is 23.2 Å². The number of nitrogen functional groups attached to an aromatic ring is 1. The Morgan fingerprint density at radius 3 is 2.59 bits per heavy atom. The van der Waals surface area contributed by atoms with E-state index >= 15 is 0 Å². The van der Waals surface area contributed by atoms with Crippen molar-refractivity contribution in [2.45, 2.75) is 18.6 Å². The number of nitriles is 1. The molecule has 3 N–H and O–H groups in total. The van der Waals surface area contributed by atoms with Crippen LogP contribution in [0.4, 0.5) is 24.8 Å². The lowest BCUT2D eigenvalue weighted by Crippen LogP contribution is -2.33. The zero-order chi connectivity index (χ0) is 22.9. The number of nitrogens with one attached hydrogen (secondary N) is 1. The summed E-state index contributed by atoms with van der Waals surface area (Å²) in [4.78, 5) is 25.1. The summed E-state index contributed by atoms with van der Waals surface area (Å²) >= 11 is 0. The molecule has 1 unspecified atom stereocenters. The van der Waals surface area contributed by atoms with E-state index < -0.39 is 24.3 Å². The second-order valence-electron chi connectivity index (χ2n) is 6.77. The van der Waals surface area contributed by atoms with Crippen molar-refractivity contribution in [3.63, 3.8) is 0 Å². The third-order valence-electron chi connectivity index (χ3n) is 4.64. The molecule has 3 aromatic heterocycles. The number of anilines is 2. The molecule has 0 saturated heterocycles. The van der Waals surface area contributed by atoms with Crippen molar-refractivity contribution in [2.24, 2.45) is 0 Å². The van der Waals surface area contributed by atoms with Crippen molar-refractivity contribution < 1.29 is 13.2 Å². The summed E-state index contributed by atoms with van der Waals surface area (Å²) in [5, 5.41) is 12.0. The van der Waals surface area contributed by atoms with Gasteiger partial charge in [0.25, 0.3) is 0 Å². The number of fused-ring (bicyclic) bond motifs is 1. The van der Waals surface area contributed by atoms with Crippen molar-refractivity contribution in [2.75, 3.05) is 11.1 Å². The fourth-order valence-corrected chi connectivity index (χ4v) is 3.27. The van der Waals surface area contributed by atoms with Gasteiger partial charge in [0.2, 0.25) is 0 Å². The summed E-state index contributed by atoms with van der Waals surface area (Å²) in [6.45, 7) is 0. The van der Waals surface area contributed by atoms with Crippen LogP contribution in [0.15, 0.2) is 59.8 Å². The highest BCUT2D eigenvalue weighted by molar-refractivity contribution is 5.62. The standard InChI is InChI=1S/C20H15F3N8O/c21-20(22,23)9-14(28-17-13(10-24)16(25)26-11-27-17)18-29-15-7-4-8-30(15)19(32)31(18)12-5-2-1-3-6-12/h1-8,11,14H,9H2,(H3,25,26,27,28). The van der Waals surface area contributed by atoms with E-state index in [1.807, 2.05) is 0 Å². The van der Waals surface area contributed by atoms with E-state index in [0.717, 1.165) is 10.9 Å². The molecule has 3 heterocycles. The van der Waals surface area contributed by atoms with E-state index in [1.54, 1.807) is 42.5 Å². The largest absolute Gasteiger partial charge is 0.391 e. The van der Waals surface area contributed by atoms with Crippen LogP contribution in [0.5, 0.6) is 0 Å². The van der Waals surface area contributed by atoms with Gasteiger partial charge in [0.1, 0.15) is 41.1 Å². The number of hydrogen-bond acceptors (Lipinski definition) is 7. The zero-order valence-corrected chi connectivity index (χ0v) is 16.3. The van der Waals surface area contributed by atoms with E-state index in [-0.39, 0.29) is 28.7 Å². The molecular weight excluding hydrogens is 425 g/mol. The molecule has 4 rings (SSSR count). The Bertz CT molecular complexity index is 1370. The molecule has 32 heavy (non-hydrogen) atoms. The Hall–Kier alpha value is -4.40. The number of rotatable bonds is 5. The van der Waals surface area contributed by atoms with Crippen LogP contribution in [0.1, 0.15) is 23.9 Å². The molecule has 0 saturated carbocycles. The zero-order valence-electron chi connectivity index (χ0n) is 16.3. The minimum absolute atomic E-state index is 0.175. The molecule has 0 spiro atoms. The van der Waals surface area contributed by atoms with Gasteiger partial charge in [-0.1, -0.05) is 18.2 Å². The lowest BCUT2D eigenvalue weighted by atomic mass is 10.1. The van der Waals surface area contributed by atoms with Crippen LogP contribution in [-0.4, -0.2) is 30.1 Å². The first-order chi connectivity index (χ1) is 15.3. The average Bonchev–Trinajstić information content (AvgIpc) is 3.22. The topological polar surface area (TPSA) is 127 Å². The van der Waals surface area contributed by atoms with Crippen LogP contribution in [0.25, 0.3) is 11.3 Å². The van der Waals surface area contributed by atoms with Crippen LogP contribution in [0.3, 0.4) is 0 Å². The SMILES string of the molecule is N#Cc1c(N)ncnc1NC(CC(F)(F)F)c1nc2cccn2c(=O)n1-c1ccccc1. The fourth-order valence-electron chi connectivity index (χ4n) is 3.27. The van der Waals surface area contributed by atoms with Crippen LogP contribution < -0.4 is 16.7 Å². The number of aromatic nitrogens is 5. The third kappa shape index (κ3) is 3.95. The monoisotopic (exact) mass is 440 g/mol. The van der Waals surface area contributed by atoms with Gasteiger partial charge in [-0.3, -0.25) is 4.40 Å². The predicted octanol–water partition coefficient (Wildman–Crippen LogP) is 2.83. The maximum absolute atomic E-state index is 13.6. The van der Waals surface area contributed by atoms with Crippen LogP contribution in [0, 0.1) is 11.3 Å². The lowest BCUT2D eigenvalue weighted by Gasteiger charge is -2.24. The summed E-state index contributed by atoms with van der Waals surface area (Å²) in [5.41, 5.74) is 5.36. The molecule has 0 bridgehead atoms. The number of nitrogens with two attached hydrogens (primary N) is 1. The van der Waals surface area contributed by atoms with E-state index in [2.05, 4.69) is 20.3 Å². The number of alkyl halides is 3. The van der Waals surface area contributed by atoms with Gasteiger partial charge in [-0.15, -0.1) is 0 Å². The van der Waals surface area contributed by atoms with Gasteiger partial charge < -0.3 is 11.1 Å². The van der Waals surface area contributed by atoms with Gasteiger partial charge in [-0.2, -0.15) is 18.4 Å². The van der Waals surface area contributed by atoms with Crippen LogP contribution in [-0.2, 0) is 0 Å². The molecule has 0 fully saturated rings. The summed E-state index contributed by atoms with van der Waals surface area (Å²) in [6.07, 6.45) is -3.52. The molecule has 1 aromatic carbocycles. The van der Waals surface area contributed by atoms with Gasteiger partial charge in [-0.25, -0.2) is 24.3 Å². The van der Waals surface area contributed by atoms with Crippen molar-refractivity contribution >= 4 is 17.3 Å². The van der Waals surface area contributed by atoms with E-state index in [4.69, 9.17) is 5.73 Å². The number of halogens is 3. The number of benzene rings is 1. The lowest BCUT2D eigenvalue weighted by molar-refractivity contribution is -0.137. The van der Waals surface area contributed by atoms with Gasteiger partial charge >= 0.3 is 11.9 Å². The highest BCUT2D eigenvalue weighted by Gasteiger charge is 2.36. The van der Waals surface area contributed by atoms with Gasteiger partial charge in [0.05, 0.1) is 18.2 Å². The Kier molecular flexibility index (Phi) is 5.23. The summed E-state index contributed by atoms with van der Waals surface area (Å²) in [5.74, 6) is -0.588. The molecule has 0 aliphatic carbocycles. The Balaban J connectivity index is 1.96. The van der Waals surface area contributed by atoms with Gasteiger partial charge in [-0.05, 0) is 24.3 Å². The van der Waals surface area contributed by atoms with Gasteiger partial charge in [0.15, 0.2) is 0 Å². The second kappa shape index (κ2) is 8.03. The molecule has 12 heteroatoms. The van der Waals surface area contributed by atoms with Crippen molar-refractivity contribution in [3.05, 3.63) is 76.9 Å². The maximum Gasteiger partial charge on any atom is 0.391 e. The third-order valence-corrected chi connectivity index (χ3v) is 4.64. The smallest absolute Gasteiger partial charge is 0.382 e. The molecule has 162 valence electrons. The summed E-state index contributed by atoms with van der Waals surface area (Å²) in [7, 11) is 0. The number of nitrogens with zero attached hydrogens (tertiary/aromatic N) is 6. The highest BCUT2D eigenvalue weighted by Crippen LogP contribution is 2.33. The molecule has 0 radical (unpaired) electrons.